The van der Waals surface area contributed by atoms with Crippen LogP contribution in [0.3, 0.4) is 0 Å². The summed E-state index contributed by atoms with van der Waals surface area (Å²) in [5, 5.41) is 2.87. The van der Waals surface area contributed by atoms with Crippen molar-refractivity contribution < 1.29 is 19.2 Å². The Morgan fingerprint density at radius 1 is 1.25 bits per heavy atom. The molecule has 172 valence electrons. The van der Waals surface area contributed by atoms with Gasteiger partial charge in [0.05, 0.1) is 11.0 Å². The number of benzene rings is 1. The maximum absolute atomic E-state index is 13.8. The molecule has 1 aromatic rings. The molecule has 32 heavy (non-hydrogen) atoms. The molecule has 2 unspecified atom stereocenters. The summed E-state index contributed by atoms with van der Waals surface area (Å²) in [6, 6.07) is 5.56. The van der Waals surface area contributed by atoms with E-state index in [2.05, 4.69) is 5.32 Å². The van der Waals surface area contributed by atoms with Crippen LogP contribution in [0.4, 0.5) is 5.69 Å². The number of anilines is 1. The number of hydrogen-bond acceptors (Lipinski definition) is 5. The molecule has 3 atom stereocenters. The van der Waals surface area contributed by atoms with Crippen LogP contribution in [0.5, 0.6) is 0 Å². The lowest BCUT2D eigenvalue weighted by Crippen LogP contribution is -2.57. The molecule has 0 radical (unpaired) electrons. The first-order valence-corrected chi connectivity index (χ1v) is 11.1. The standard InChI is InChI=1S/C23H31N5O4/c1-13(2)10-16(27(3)21(32)23(25)8-9-23)19(30)28-12-22(11-17(28)18(24)29)14-6-4-5-7-15(14)26-20(22)31/h4-7,13,16-17H,8-12,25H2,1-3H3,(H2,24,29)(H,26,31)/t16-,17?,22?/m0/s1. The molecular formula is C23H31N5O4. The average Bonchev–Trinajstić information content (AvgIpc) is 3.27. The number of para-hydroxylation sites is 1. The Morgan fingerprint density at radius 2 is 1.91 bits per heavy atom. The molecule has 1 spiro atoms. The monoisotopic (exact) mass is 441 g/mol. The third kappa shape index (κ3) is 3.44. The largest absolute Gasteiger partial charge is 0.368 e. The fourth-order valence-electron chi connectivity index (χ4n) is 5.03. The molecule has 1 saturated carbocycles. The lowest BCUT2D eigenvalue weighted by molar-refractivity contribution is -0.148. The number of fused-ring (bicyclic) bond motifs is 2. The van der Waals surface area contributed by atoms with E-state index in [0.29, 0.717) is 24.9 Å². The van der Waals surface area contributed by atoms with E-state index in [1.54, 1.807) is 13.1 Å². The number of carbonyl (C=O) groups is 4. The van der Waals surface area contributed by atoms with Crippen molar-refractivity contribution in [2.75, 3.05) is 18.9 Å². The van der Waals surface area contributed by atoms with Gasteiger partial charge in [0.1, 0.15) is 12.1 Å². The van der Waals surface area contributed by atoms with Gasteiger partial charge in [-0.3, -0.25) is 19.2 Å². The normalized spacial score (nSPS) is 26.1. The second kappa shape index (κ2) is 7.58. The van der Waals surface area contributed by atoms with Gasteiger partial charge in [-0.1, -0.05) is 32.0 Å². The third-order valence-electron chi connectivity index (χ3n) is 7.08. The van der Waals surface area contributed by atoms with E-state index in [1.165, 1.54) is 9.80 Å². The maximum atomic E-state index is 13.8. The first kappa shape index (κ1) is 22.3. The zero-order valence-corrected chi connectivity index (χ0v) is 18.8. The fraction of sp³-hybridized carbons (Fsp3) is 0.565. The Kier molecular flexibility index (Phi) is 5.27. The van der Waals surface area contributed by atoms with E-state index in [-0.39, 0.29) is 36.6 Å². The summed E-state index contributed by atoms with van der Waals surface area (Å²) < 4.78 is 0. The van der Waals surface area contributed by atoms with Crippen molar-refractivity contribution in [3.8, 4) is 0 Å². The summed E-state index contributed by atoms with van der Waals surface area (Å²) in [5.74, 6) is -1.45. The molecule has 9 heteroatoms. The molecule has 5 N–H and O–H groups in total. The molecule has 4 rings (SSSR count). The minimum atomic E-state index is -1.04. The Morgan fingerprint density at radius 3 is 2.50 bits per heavy atom. The number of carbonyl (C=O) groups excluding carboxylic acids is 4. The zero-order valence-electron chi connectivity index (χ0n) is 18.8. The highest BCUT2D eigenvalue weighted by Crippen LogP contribution is 2.46. The van der Waals surface area contributed by atoms with E-state index in [9.17, 15) is 19.2 Å². The first-order valence-electron chi connectivity index (χ1n) is 11.1. The molecule has 0 bridgehead atoms. The average molecular weight is 442 g/mol. The van der Waals surface area contributed by atoms with Crippen molar-refractivity contribution >= 4 is 29.3 Å². The van der Waals surface area contributed by atoms with Crippen molar-refractivity contribution in [1.29, 1.82) is 0 Å². The number of nitrogens with zero attached hydrogens (tertiary/aromatic N) is 2. The maximum Gasteiger partial charge on any atom is 0.246 e. The SMILES string of the molecule is CC(C)C[C@@H](C(=O)N1CC2(CC1C(N)=O)C(=O)Nc1ccccc12)N(C)C(=O)C1(N)CC1. The van der Waals surface area contributed by atoms with Crippen LogP contribution in [0.1, 0.15) is 45.1 Å². The molecule has 3 aliphatic rings. The van der Waals surface area contributed by atoms with Gasteiger partial charge in [-0.15, -0.1) is 0 Å². The van der Waals surface area contributed by atoms with Crippen LogP contribution in [-0.2, 0) is 24.6 Å². The molecule has 9 nitrogen and oxygen atoms in total. The molecule has 1 aliphatic carbocycles. The minimum Gasteiger partial charge on any atom is -0.368 e. The summed E-state index contributed by atoms with van der Waals surface area (Å²) in [6.07, 6.45) is 1.71. The molecule has 2 aliphatic heterocycles. The van der Waals surface area contributed by atoms with Gasteiger partial charge in [0.25, 0.3) is 0 Å². The van der Waals surface area contributed by atoms with Crippen molar-refractivity contribution in [2.24, 2.45) is 17.4 Å². The van der Waals surface area contributed by atoms with E-state index < -0.39 is 28.9 Å². The van der Waals surface area contributed by atoms with Gasteiger partial charge < -0.3 is 26.6 Å². The van der Waals surface area contributed by atoms with Crippen molar-refractivity contribution in [3.63, 3.8) is 0 Å². The van der Waals surface area contributed by atoms with Gasteiger partial charge in [0.2, 0.25) is 23.6 Å². The van der Waals surface area contributed by atoms with E-state index in [4.69, 9.17) is 11.5 Å². The van der Waals surface area contributed by atoms with Gasteiger partial charge in [0, 0.05) is 19.3 Å². The van der Waals surface area contributed by atoms with Gasteiger partial charge in [-0.05, 0) is 43.2 Å². The Balaban J connectivity index is 1.68. The lowest BCUT2D eigenvalue weighted by atomic mass is 9.79. The zero-order chi connectivity index (χ0) is 23.4. The summed E-state index contributed by atoms with van der Waals surface area (Å²) in [7, 11) is 1.59. The number of amides is 4. The highest BCUT2D eigenvalue weighted by molar-refractivity contribution is 6.08. The summed E-state index contributed by atoms with van der Waals surface area (Å²) in [4.78, 5) is 55.0. The van der Waals surface area contributed by atoms with E-state index in [0.717, 1.165) is 5.56 Å². The Hall–Kier alpha value is -2.94. The van der Waals surface area contributed by atoms with Crippen LogP contribution < -0.4 is 16.8 Å². The minimum absolute atomic E-state index is 0.0344. The van der Waals surface area contributed by atoms with Gasteiger partial charge >= 0.3 is 0 Å². The predicted molar refractivity (Wildman–Crippen MR) is 118 cm³/mol. The Labute approximate surface area is 187 Å². The van der Waals surface area contributed by atoms with Crippen molar-refractivity contribution in [2.45, 2.75) is 62.6 Å². The molecule has 1 aromatic carbocycles. The fourth-order valence-corrected chi connectivity index (χ4v) is 5.03. The number of likely N-dealkylation sites (tertiary alicyclic amines) is 1. The second-order valence-electron chi connectivity index (χ2n) is 9.89. The van der Waals surface area contributed by atoms with Gasteiger partial charge in [-0.25, -0.2) is 0 Å². The quantitative estimate of drug-likeness (QED) is 0.584. The van der Waals surface area contributed by atoms with Crippen molar-refractivity contribution in [3.05, 3.63) is 29.8 Å². The highest BCUT2D eigenvalue weighted by Gasteiger charge is 2.58. The number of nitrogens with one attached hydrogen (secondary N) is 1. The number of likely N-dealkylation sites (N-methyl/N-ethyl adjacent to an activating group) is 1. The molecular weight excluding hydrogens is 410 g/mol. The number of nitrogens with two attached hydrogens (primary N) is 2. The molecule has 1 saturated heterocycles. The van der Waals surface area contributed by atoms with Gasteiger partial charge in [-0.2, -0.15) is 0 Å². The second-order valence-corrected chi connectivity index (χ2v) is 9.89. The van der Waals surface area contributed by atoms with Crippen LogP contribution in [0.2, 0.25) is 0 Å². The van der Waals surface area contributed by atoms with Gasteiger partial charge in [0.15, 0.2) is 0 Å². The predicted octanol–water partition coefficient (Wildman–Crippen LogP) is 0.327. The van der Waals surface area contributed by atoms with E-state index >= 15 is 0 Å². The first-order chi connectivity index (χ1) is 15.0. The third-order valence-corrected chi connectivity index (χ3v) is 7.08. The summed E-state index contributed by atoms with van der Waals surface area (Å²) >= 11 is 0. The molecule has 4 amide bonds. The smallest absolute Gasteiger partial charge is 0.246 e. The van der Waals surface area contributed by atoms with Crippen LogP contribution in [0, 0.1) is 5.92 Å². The number of hydrogen-bond donors (Lipinski definition) is 3. The van der Waals surface area contributed by atoms with Crippen LogP contribution in [-0.4, -0.2) is 64.6 Å². The lowest BCUT2D eigenvalue weighted by Gasteiger charge is -2.35. The molecule has 0 aromatic heterocycles. The topological polar surface area (TPSA) is 139 Å². The van der Waals surface area contributed by atoms with Crippen molar-refractivity contribution in [1.82, 2.24) is 9.80 Å². The van der Waals surface area contributed by atoms with Crippen LogP contribution >= 0.6 is 0 Å². The van der Waals surface area contributed by atoms with E-state index in [1.807, 2.05) is 32.0 Å². The number of primary amides is 1. The summed E-state index contributed by atoms with van der Waals surface area (Å²) in [5.41, 5.74) is 11.3. The van der Waals surface area contributed by atoms with Crippen LogP contribution in [0.15, 0.2) is 24.3 Å². The molecule has 2 heterocycles. The Bertz CT molecular complexity index is 988. The van der Waals surface area contributed by atoms with Crippen LogP contribution in [0.25, 0.3) is 0 Å². The highest BCUT2D eigenvalue weighted by atomic mass is 16.2. The molecule has 2 fully saturated rings. The number of rotatable bonds is 6. The summed E-state index contributed by atoms with van der Waals surface area (Å²) in [6.45, 7) is 3.96.